The third-order valence-electron chi connectivity index (χ3n) is 1.67. The summed E-state index contributed by atoms with van der Waals surface area (Å²) < 4.78 is 7.64. The predicted molar refractivity (Wildman–Crippen MR) is 70.5 cm³/mol. The first kappa shape index (κ1) is 12.5. The standard InChI is InChI=1S/C10H11Br3O/c1-7-5-8(12)10(9(13)6-7)14-4-2-3-11/h5-6H,2-4H2,1H3. The highest BCUT2D eigenvalue weighted by Crippen LogP contribution is 2.34. The Hall–Kier alpha value is 0.460. The lowest BCUT2D eigenvalue weighted by molar-refractivity contribution is 0.315. The Morgan fingerprint density at radius 3 is 2.29 bits per heavy atom. The van der Waals surface area contributed by atoms with Crippen molar-refractivity contribution in [2.75, 3.05) is 11.9 Å². The van der Waals surface area contributed by atoms with Crippen molar-refractivity contribution in [3.63, 3.8) is 0 Å². The van der Waals surface area contributed by atoms with Crippen LogP contribution < -0.4 is 4.74 Å². The van der Waals surface area contributed by atoms with E-state index in [-0.39, 0.29) is 0 Å². The van der Waals surface area contributed by atoms with E-state index < -0.39 is 0 Å². The summed E-state index contributed by atoms with van der Waals surface area (Å²) in [5.41, 5.74) is 1.21. The van der Waals surface area contributed by atoms with Gasteiger partial charge in [0.2, 0.25) is 0 Å². The van der Waals surface area contributed by atoms with Gasteiger partial charge < -0.3 is 4.74 Å². The van der Waals surface area contributed by atoms with Crippen LogP contribution in [0.1, 0.15) is 12.0 Å². The first-order valence-electron chi connectivity index (χ1n) is 4.29. The number of halogens is 3. The lowest BCUT2D eigenvalue weighted by Gasteiger charge is -2.10. The largest absolute Gasteiger partial charge is 0.491 e. The minimum Gasteiger partial charge on any atom is -0.491 e. The Morgan fingerprint density at radius 1 is 1.21 bits per heavy atom. The molecular formula is C10H11Br3O. The molecule has 0 saturated heterocycles. The van der Waals surface area contributed by atoms with Crippen LogP contribution in [-0.4, -0.2) is 11.9 Å². The lowest BCUT2D eigenvalue weighted by Crippen LogP contribution is -1.99. The number of hydrogen-bond acceptors (Lipinski definition) is 1. The molecule has 0 atom stereocenters. The number of aryl methyl sites for hydroxylation is 1. The summed E-state index contributed by atoms with van der Waals surface area (Å²) in [6.45, 7) is 2.78. The Kier molecular flexibility index (Phi) is 5.49. The first-order chi connectivity index (χ1) is 6.65. The second-order valence-electron chi connectivity index (χ2n) is 2.95. The quantitative estimate of drug-likeness (QED) is 0.539. The van der Waals surface area contributed by atoms with Crippen LogP contribution in [0.2, 0.25) is 0 Å². The molecule has 1 aromatic carbocycles. The van der Waals surface area contributed by atoms with Gasteiger partial charge in [0.15, 0.2) is 0 Å². The van der Waals surface area contributed by atoms with Gasteiger partial charge in [-0.15, -0.1) is 0 Å². The fourth-order valence-electron chi connectivity index (χ4n) is 1.05. The monoisotopic (exact) mass is 384 g/mol. The average Bonchev–Trinajstić information content (AvgIpc) is 2.09. The molecule has 78 valence electrons. The van der Waals surface area contributed by atoms with Crippen LogP contribution in [0.3, 0.4) is 0 Å². The third kappa shape index (κ3) is 3.55. The number of hydrogen-bond donors (Lipinski definition) is 0. The fraction of sp³-hybridized carbons (Fsp3) is 0.400. The van der Waals surface area contributed by atoms with Crippen LogP contribution in [0.15, 0.2) is 21.1 Å². The summed E-state index contributed by atoms with van der Waals surface area (Å²) in [7, 11) is 0. The second-order valence-corrected chi connectivity index (χ2v) is 5.45. The zero-order valence-electron chi connectivity index (χ0n) is 7.82. The van der Waals surface area contributed by atoms with E-state index >= 15 is 0 Å². The van der Waals surface area contributed by atoms with Gasteiger partial charge in [-0.1, -0.05) is 15.9 Å². The molecule has 1 aromatic rings. The normalized spacial score (nSPS) is 10.3. The highest BCUT2D eigenvalue weighted by atomic mass is 79.9. The van der Waals surface area contributed by atoms with Gasteiger partial charge in [0.1, 0.15) is 5.75 Å². The van der Waals surface area contributed by atoms with Gasteiger partial charge in [-0.25, -0.2) is 0 Å². The van der Waals surface area contributed by atoms with Crippen molar-refractivity contribution in [2.24, 2.45) is 0 Å². The number of ether oxygens (including phenoxy) is 1. The fourth-order valence-corrected chi connectivity index (χ4v) is 2.93. The maximum Gasteiger partial charge on any atom is 0.147 e. The number of alkyl halides is 1. The smallest absolute Gasteiger partial charge is 0.147 e. The Bertz CT molecular complexity index is 289. The van der Waals surface area contributed by atoms with Crippen molar-refractivity contribution in [1.82, 2.24) is 0 Å². The summed E-state index contributed by atoms with van der Waals surface area (Å²) in [4.78, 5) is 0. The van der Waals surface area contributed by atoms with E-state index in [2.05, 4.69) is 54.7 Å². The molecule has 0 aliphatic rings. The molecule has 0 N–H and O–H groups in total. The Morgan fingerprint density at radius 2 is 1.79 bits per heavy atom. The van der Waals surface area contributed by atoms with E-state index in [4.69, 9.17) is 4.74 Å². The molecule has 0 radical (unpaired) electrons. The zero-order valence-corrected chi connectivity index (χ0v) is 12.6. The Labute approximate surface area is 110 Å². The van der Waals surface area contributed by atoms with Crippen molar-refractivity contribution >= 4 is 47.8 Å². The van der Waals surface area contributed by atoms with Gasteiger partial charge in [-0.2, -0.15) is 0 Å². The van der Waals surface area contributed by atoms with Crippen LogP contribution in [0.5, 0.6) is 5.75 Å². The van der Waals surface area contributed by atoms with Gasteiger partial charge in [0.05, 0.1) is 15.6 Å². The highest BCUT2D eigenvalue weighted by molar-refractivity contribution is 9.11. The van der Waals surface area contributed by atoms with E-state index in [0.717, 1.165) is 33.1 Å². The van der Waals surface area contributed by atoms with Crippen LogP contribution in [0.25, 0.3) is 0 Å². The van der Waals surface area contributed by atoms with Gasteiger partial charge >= 0.3 is 0 Å². The van der Waals surface area contributed by atoms with E-state index in [1.54, 1.807) is 0 Å². The molecule has 0 amide bonds. The molecule has 1 rings (SSSR count). The molecule has 0 bridgehead atoms. The molecule has 0 spiro atoms. The summed E-state index contributed by atoms with van der Waals surface area (Å²) in [6.07, 6.45) is 1.01. The number of rotatable bonds is 4. The highest BCUT2D eigenvalue weighted by Gasteiger charge is 2.06. The minimum absolute atomic E-state index is 0.728. The topological polar surface area (TPSA) is 9.23 Å². The summed E-state index contributed by atoms with van der Waals surface area (Å²) in [6, 6.07) is 4.10. The van der Waals surface area contributed by atoms with Crippen molar-refractivity contribution in [3.8, 4) is 5.75 Å². The van der Waals surface area contributed by atoms with E-state index in [1.165, 1.54) is 5.56 Å². The van der Waals surface area contributed by atoms with Crippen LogP contribution in [-0.2, 0) is 0 Å². The molecule has 0 unspecified atom stereocenters. The van der Waals surface area contributed by atoms with Crippen LogP contribution in [0.4, 0.5) is 0 Å². The van der Waals surface area contributed by atoms with Gasteiger partial charge in [0.25, 0.3) is 0 Å². The zero-order chi connectivity index (χ0) is 10.6. The summed E-state index contributed by atoms with van der Waals surface area (Å²) in [5.74, 6) is 0.886. The van der Waals surface area contributed by atoms with Gasteiger partial charge in [-0.3, -0.25) is 0 Å². The SMILES string of the molecule is Cc1cc(Br)c(OCCCBr)c(Br)c1. The first-order valence-corrected chi connectivity index (χ1v) is 7.00. The van der Waals surface area contributed by atoms with Crippen molar-refractivity contribution in [1.29, 1.82) is 0 Å². The molecular weight excluding hydrogens is 376 g/mol. The van der Waals surface area contributed by atoms with Crippen molar-refractivity contribution in [2.45, 2.75) is 13.3 Å². The van der Waals surface area contributed by atoms with E-state index in [1.807, 2.05) is 12.1 Å². The molecule has 0 heterocycles. The lowest BCUT2D eigenvalue weighted by atomic mass is 10.2. The minimum atomic E-state index is 0.728. The van der Waals surface area contributed by atoms with Crippen LogP contribution in [0, 0.1) is 6.92 Å². The molecule has 0 aromatic heterocycles. The molecule has 0 fully saturated rings. The molecule has 14 heavy (non-hydrogen) atoms. The van der Waals surface area contributed by atoms with Crippen molar-refractivity contribution in [3.05, 3.63) is 26.6 Å². The van der Waals surface area contributed by atoms with Crippen LogP contribution >= 0.6 is 47.8 Å². The predicted octanol–water partition coefficient (Wildman–Crippen LogP) is 4.68. The second kappa shape index (κ2) is 6.13. The Balaban J connectivity index is 2.75. The molecule has 0 aliphatic carbocycles. The van der Waals surface area contributed by atoms with Gasteiger partial charge in [0, 0.05) is 5.33 Å². The van der Waals surface area contributed by atoms with Gasteiger partial charge in [-0.05, 0) is 62.9 Å². The molecule has 0 aliphatic heterocycles. The molecule has 1 nitrogen and oxygen atoms in total. The summed E-state index contributed by atoms with van der Waals surface area (Å²) >= 11 is 10.3. The average molecular weight is 387 g/mol. The van der Waals surface area contributed by atoms with E-state index in [9.17, 15) is 0 Å². The molecule has 0 saturated carbocycles. The molecule has 4 heteroatoms. The maximum absolute atomic E-state index is 5.64. The van der Waals surface area contributed by atoms with E-state index in [0.29, 0.717) is 0 Å². The van der Waals surface area contributed by atoms with Crippen molar-refractivity contribution < 1.29 is 4.74 Å². The number of benzene rings is 1. The summed E-state index contributed by atoms with van der Waals surface area (Å²) in [5, 5.41) is 0.966. The maximum atomic E-state index is 5.64. The third-order valence-corrected chi connectivity index (χ3v) is 3.41.